The summed E-state index contributed by atoms with van der Waals surface area (Å²) in [6, 6.07) is 3.75. The zero-order chi connectivity index (χ0) is 16.1. The van der Waals surface area contributed by atoms with Crippen molar-refractivity contribution >= 4 is 23.2 Å². The van der Waals surface area contributed by atoms with Crippen molar-refractivity contribution < 1.29 is 9.53 Å². The van der Waals surface area contributed by atoms with Crippen LogP contribution in [0.4, 0.5) is 5.69 Å². The van der Waals surface area contributed by atoms with E-state index >= 15 is 0 Å². The smallest absolute Gasteiger partial charge is 0.224 e. The molecule has 2 rings (SSSR count). The van der Waals surface area contributed by atoms with Crippen molar-refractivity contribution in [2.24, 2.45) is 5.92 Å². The third-order valence-electron chi connectivity index (χ3n) is 4.14. The maximum Gasteiger partial charge on any atom is 0.224 e. The Labute approximate surface area is 137 Å². The van der Waals surface area contributed by atoms with Crippen molar-refractivity contribution in [1.82, 2.24) is 4.90 Å². The van der Waals surface area contributed by atoms with E-state index in [0.29, 0.717) is 29.7 Å². The van der Waals surface area contributed by atoms with Gasteiger partial charge in [0.05, 0.1) is 12.8 Å². The van der Waals surface area contributed by atoms with Crippen molar-refractivity contribution in [3.8, 4) is 5.75 Å². The van der Waals surface area contributed by atoms with E-state index in [2.05, 4.69) is 12.2 Å². The molecule has 1 saturated heterocycles. The van der Waals surface area contributed by atoms with E-state index in [1.807, 2.05) is 17.9 Å². The Kier molecular flexibility index (Phi) is 5.95. The molecule has 1 amide bonds. The van der Waals surface area contributed by atoms with E-state index in [1.165, 1.54) is 6.42 Å². The second-order valence-corrected chi connectivity index (χ2v) is 6.47. The molecule has 0 radical (unpaired) electrons. The maximum atomic E-state index is 12.2. The number of likely N-dealkylation sites (tertiary alicyclic amines) is 1. The molecule has 1 N–H and O–H groups in total. The average Bonchev–Trinajstić information content (AvgIpc) is 2.50. The highest BCUT2D eigenvalue weighted by molar-refractivity contribution is 6.31. The van der Waals surface area contributed by atoms with E-state index in [1.54, 1.807) is 13.2 Å². The number of methoxy groups -OCH3 is 1. The Balaban J connectivity index is 1.88. The molecule has 0 spiro atoms. The van der Waals surface area contributed by atoms with Gasteiger partial charge in [-0.05, 0) is 37.3 Å². The molecular formula is C17H25ClN2O2. The van der Waals surface area contributed by atoms with E-state index < -0.39 is 0 Å². The van der Waals surface area contributed by atoms with Gasteiger partial charge in [0.25, 0.3) is 0 Å². The van der Waals surface area contributed by atoms with Gasteiger partial charge in [-0.3, -0.25) is 4.79 Å². The number of piperidine rings is 1. The van der Waals surface area contributed by atoms with Crippen LogP contribution >= 0.6 is 11.6 Å². The highest BCUT2D eigenvalue weighted by Gasteiger charge is 2.20. The number of rotatable bonds is 5. The van der Waals surface area contributed by atoms with Crippen molar-refractivity contribution in [1.29, 1.82) is 0 Å². The standard InChI is InChI=1S/C17H25ClN2O2/c1-12-5-4-8-20(11-12)17(21)6-7-19-15-9-13(2)14(18)10-16(15)22-3/h9-10,12,19H,4-8,11H2,1-3H3. The van der Waals surface area contributed by atoms with Gasteiger partial charge in [-0.15, -0.1) is 0 Å². The van der Waals surface area contributed by atoms with Crippen LogP contribution in [0.25, 0.3) is 0 Å². The van der Waals surface area contributed by atoms with Gasteiger partial charge in [-0.1, -0.05) is 18.5 Å². The van der Waals surface area contributed by atoms with Crippen LogP contribution in [0.5, 0.6) is 5.75 Å². The van der Waals surface area contributed by atoms with Gasteiger partial charge in [0.1, 0.15) is 5.75 Å². The van der Waals surface area contributed by atoms with Crippen molar-refractivity contribution in [3.05, 3.63) is 22.7 Å². The Morgan fingerprint density at radius 3 is 2.95 bits per heavy atom. The number of hydrogen-bond donors (Lipinski definition) is 1. The first kappa shape index (κ1) is 16.9. The lowest BCUT2D eigenvalue weighted by molar-refractivity contribution is -0.132. The summed E-state index contributed by atoms with van der Waals surface area (Å²) in [5.41, 5.74) is 1.87. The van der Waals surface area contributed by atoms with Crippen LogP contribution in [0.3, 0.4) is 0 Å². The number of benzene rings is 1. The normalized spacial score (nSPS) is 18.2. The number of halogens is 1. The zero-order valence-corrected chi connectivity index (χ0v) is 14.4. The first-order valence-electron chi connectivity index (χ1n) is 7.87. The predicted molar refractivity (Wildman–Crippen MR) is 90.8 cm³/mol. The zero-order valence-electron chi connectivity index (χ0n) is 13.6. The van der Waals surface area contributed by atoms with E-state index in [9.17, 15) is 4.79 Å². The Hall–Kier alpha value is -1.42. The summed E-state index contributed by atoms with van der Waals surface area (Å²) >= 11 is 6.10. The molecule has 5 heteroatoms. The van der Waals surface area contributed by atoms with Crippen LogP contribution < -0.4 is 10.1 Å². The number of aryl methyl sites for hydroxylation is 1. The first-order chi connectivity index (χ1) is 10.5. The Morgan fingerprint density at radius 1 is 1.50 bits per heavy atom. The molecule has 1 fully saturated rings. The monoisotopic (exact) mass is 324 g/mol. The predicted octanol–water partition coefficient (Wildman–Crippen LogP) is 3.72. The SMILES string of the molecule is COc1cc(Cl)c(C)cc1NCCC(=O)N1CCCC(C)C1. The molecule has 0 aliphatic carbocycles. The number of amides is 1. The Morgan fingerprint density at radius 2 is 2.27 bits per heavy atom. The van der Waals surface area contributed by atoms with Gasteiger partial charge in [0.2, 0.25) is 5.91 Å². The molecule has 0 saturated carbocycles. The lowest BCUT2D eigenvalue weighted by atomic mass is 10.00. The molecule has 1 unspecified atom stereocenters. The second kappa shape index (κ2) is 7.73. The summed E-state index contributed by atoms with van der Waals surface area (Å²) in [6.45, 7) is 6.54. The fourth-order valence-electron chi connectivity index (χ4n) is 2.85. The van der Waals surface area contributed by atoms with Crippen LogP contribution in [-0.4, -0.2) is 37.6 Å². The summed E-state index contributed by atoms with van der Waals surface area (Å²) in [4.78, 5) is 14.2. The van der Waals surface area contributed by atoms with E-state index in [0.717, 1.165) is 30.8 Å². The van der Waals surface area contributed by atoms with Crippen LogP contribution in [0, 0.1) is 12.8 Å². The van der Waals surface area contributed by atoms with Gasteiger partial charge < -0.3 is 15.0 Å². The molecule has 22 heavy (non-hydrogen) atoms. The van der Waals surface area contributed by atoms with Gasteiger partial charge in [0.15, 0.2) is 0 Å². The number of anilines is 1. The average molecular weight is 325 g/mol. The molecule has 1 heterocycles. The van der Waals surface area contributed by atoms with Crippen molar-refractivity contribution in [2.45, 2.75) is 33.1 Å². The largest absolute Gasteiger partial charge is 0.495 e. The number of ether oxygens (including phenoxy) is 1. The maximum absolute atomic E-state index is 12.2. The summed E-state index contributed by atoms with van der Waals surface area (Å²) < 4.78 is 5.33. The summed E-state index contributed by atoms with van der Waals surface area (Å²) in [6.07, 6.45) is 2.84. The molecule has 4 nitrogen and oxygen atoms in total. The third kappa shape index (κ3) is 4.29. The summed E-state index contributed by atoms with van der Waals surface area (Å²) in [5.74, 6) is 1.54. The van der Waals surface area contributed by atoms with Crippen LogP contribution in [0.2, 0.25) is 5.02 Å². The van der Waals surface area contributed by atoms with Crippen molar-refractivity contribution in [2.75, 3.05) is 32.1 Å². The highest BCUT2D eigenvalue weighted by Crippen LogP contribution is 2.30. The van der Waals surface area contributed by atoms with Crippen molar-refractivity contribution in [3.63, 3.8) is 0 Å². The molecule has 1 aliphatic rings. The van der Waals surface area contributed by atoms with E-state index in [4.69, 9.17) is 16.3 Å². The molecule has 0 aromatic heterocycles. The first-order valence-corrected chi connectivity index (χ1v) is 8.25. The molecular weight excluding hydrogens is 300 g/mol. The molecule has 1 atom stereocenters. The lowest BCUT2D eigenvalue weighted by Crippen LogP contribution is -2.39. The molecule has 1 aromatic rings. The Bertz CT molecular complexity index is 534. The second-order valence-electron chi connectivity index (χ2n) is 6.07. The number of hydrogen-bond acceptors (Lipinski definition) is 3. The minimum absolute atomic E-state index is 0.226. The van der Waals surface area contributed by atoms with Gasteiger partial charge in [-0.2, -0.15) is 0 Å². The summed E-state index contributed by atoms with van der Waals surface area (Å²) in [7, 11) is 1.62. The van der Waals surface area contributed by atoms with Gasteiger partial charge in [0, 0.05) is 37.1 Å². The van der Waals surface area contributed by atoms with Gasteiger partial charge >= 0.3 is 0 Å². The quantitative estimate of drug-likeness (QED) is 0.897. The fraction of sp³-hybridized carbons (Fsp3) is 0.588. The molecule has 1 aromatic carbocycles. The van der Waals surface area contributed by atoms with Crippen LogP contribution in [0.1, 0.15) is 31.7 Å². The highest BCUT2D eigenvalue weighted by atomic mass is 35.5. The van der Waals surface area contributed by atoms with Crippen LogP contribution in [-0.2, 0) is 4.79 Å². The number of carbonyl (C=O) groups is 1. The minimum Gasteiger partial charge on any atom is -0.495 e. The molecule has 0 bridgehead atoms. The molecule has 1 aliphatic heterocycles. The lowest BCUT2D eigenvalue weighted by Gasteiger charge is -2.31. The topological polar surface area (TPSA) is 41.6 Å². The van der Waals surface area contributed by atoms with Crippen LogP contribution in [0.15, 0.2) is 12.1 Å². The number of nitrogens with zero attached hydrogens (tertiary/aromatic N) is 1. The fourth-order valence-corrected chi connectivity index (χ4v) is 3.00. The summed E-state index contributed by atoms with van der Waals surface area (Å²) in [5, 5.41) is 3.96. The number of nitrogens with one attached hydrogen (secondary N) is 1. The third-order valence-corrected chi connectivity index (χ3v) is 4.55. The van der Waals surface area contributed by atoms with E-state index in [-0.39, 0.29) is 5.91 Å². The molecule has 122 valence electrons. The number of carbonyl (C=O) groups excluding carboxylic acids is 1. The minimum atomic E-state index is 0.226. The van der Waals surface area contributed by atoms with Gasteiger partial charge in [-0.25, -0.2) is 0 Å².